The normalized spacial score (nSPS) is 12.7. The molecule has 0 saturated carbocycles. The molecule has 1 amide bonds. The molecule has 0 radical (unpaired) electrons. The highest BCUT2D eigenvalue weighted by atomic mass is 16.5. The lowest BCUT2D eigenvalue weighted by atomic mass is 10.1. The zero-order chi connectivity index (χ0) is 21.5. The second-order valence-electron chi connectivity index (χ2n) is 6.72. The first-order valence-corrected chi connectivity index (χ1v) is 9.51. The molecule has 6 nitrogen and oxygen atoms in total. The summed E-state index contributed by atoms with van der Waals surface area (Å²) in [5, 5.41) is 16.0. The zero-order valence-electron chi connectivity index (χ0n) is 17.1. The maximum absolute atomic E-state index is 12.4. The molecule has 0 fully saturated rings. The summed E-state index contributed by atoms with van der Waals surface area (Å²) in [5.74, 6) is 1.04. The molecule has 0 aliphatic heterocycles. The highest BCUT2D eigenvalue weighted by molar-refractivity contribution is 5.97. The highest BCUT2D eigenvalue weighted by Crippen LogP contribution is 2.26. The number of phenols is 1. The predicted octanol–water partition coefficient (Wildman–Crippen LogP) is 4.53. The van der Waals surface area contributed by atoms with Crippen LogP contribution in [0.1, 0.15) is 19.4 Å². The predicted molar refractivity (Wildman–Crippen MR) is 119 cm³/mol. The Morgan fingerprint density at radius 1 is 1.13 bits per heavy atom. The molecule has 0 saturated heterocycles. The maximum atomic E-state index is 12.4. The number of nitrogens with zero attached hydrogens (tertiary/aromatic N) is 1. The Morgan fingerprint density at radius 2 is 1.90 bits per heavy atom. The Morgan fingerprint density at radius 3 is 2.70 bits per heavy atom. The van der Waals surface area contributed by atoms with Gasteiger partial charge in [0.05, 0.1) is 12.8 Å². The second-order valence-corrected chi connectivity index (χ2v) is 6.72. The van der Waals surface area contributed by atoms with Crippen molar-refractivity contribution >= 4 is 28.5 Å². The fraction of sp³-hybridized carbons (Fsp3) is 0.167. The fourth-order valence-corrected chi connectivity index (χ4v) is 2.82. The first-order valence-electron chi connectivity index (χ1n) is 9.51. The van der Waals surface area contributed by atoms with Gasteiger partial charge in [-0.1, -0.05) is 36.4 Å². The van der Waals surface area contributed by atoms with E-state index in [4.69, 9.17) is 9.47 Å². The molecule has 0 aliphatic rings. The molecular weight excluding hydrogens is 380 g/mol. The number of hydrogen-bond acceptors (Lipinski definition) is 5. The van der Waals surface area contributed by atoms with Gasteiger partial charge in [0.25, 0.3) is 5.91 Å². The van der Waals surface area contributed by atoms with Crippen LogP contribution in [0.5, 0.6) is 17.2 Å². The van der Waals surface area contributed by atoms with Crippen LogP contribution in [-0.4, -0.2) is 29.9 Å². The minimum Gasteiger partial charge on any atom is -0.507 e. The van der Waals surface area contributed by atoms with Gasteiger partial charge in [-0.3, -0.25) is 4.79 Å². The lowest BCUT2D eigenvalue weighted by Crippen LogP contribution is -2.33. The summed E-state index contributed by atoms with van der Waals surface area (Å²) >= 11 is 0. The number of methoxy groups -OCH3 is 1. The molecule has 3 aromatic rings. The quantitative estimate of drug-likeness (QED) is 0.448. The Bertz CT molecular complexity index is 1100. The Labute approximate surface area is 175 Å². The van der Waals surface area contributed by atoms with Gasteiger partial charge in [-0.15, -0.1) is 0 Å². The first-order chi connectivity index (χ1) is 14.5. The van der Waals surface area contributed by atoms with E-state index in [-0.39, 0.29) is 11.7 Å². The van der Waals surface area contributed by atoms with E-state index in [1.165, 1.54) is 0 Å². The minimum absolute atomic E-state index is 0.126. The number of allylic oxidation sites excluding steroid dienone is 1. The molecule has 154 valence electrons. The Balaban J connectivity index is 1.63. The van der Waals surface area contributed by atoms with Crippen molar-refractivity contribution in [3.8, 4) is 17.2 Å². The van der Waals surface area contributed by atoms with Crippen LogP contribution in [0, 0.1) is 0 Å². The maximum Gasteiger partial charge on any atom is 0.280 e. The molecular formula is C24H24N2O4. The fourth-order valence-electron chi connectivity index (χ4n) is 2.82. The molecule has 0 bridgehead atoms. The summed E-state index contributed by atoms with van der Waals surface area (Å²) in [7, 11) is 1.56. The van der Waals surface area contributed by atoms with E-state index in [0.29, 0.717) is 22.8 Å². The number of ether oxygens (including phenoxy) is 2. The number of hydrogen-bond donors (Lipinski definition) is 2. The molecule has 3 aromatic carbocycles. The zero-order valence-corrected chi connectivity index (χ0v) is 17.1. The number of benzene rings is 3. The largest absolute Gasteiger partial charge is 0.507 e. The lowest BCUT2D eigenvalue weighted by molar-refractivity contribution is -0.127. The third-order valence-corrected chi connectivity index (χ3v) is 4.50. The van der Waals surface area contributed by atoms with Gasteiger partial charge in [0.15, 0.2) is 6.10 Å². The van der Waals surface area contributed by atoms with Crippen molar-refractivity contribution in [1.29, 1.82) is 0 Å². The standard InChI is InChI=1S/C24H24N2O4/c1-16(11-12-19-15-20(29-3)13-14-22(19)27)25-26-24(28)17(2)30-23-10-6-8-18-7-4-5-9-21(18)23/h4-15,17,27H,1-3H3,(H,26,28)/b12-11+,25-16-/t17-/m0/s1. The van der Waals surface area contributed by atoms with Gasteiger partial charge in [0.1, 0.15) is 17.2 Å². The average molecular weight is 404 g/mol. The Hall–Kier alpha value is -3.80. The first kappa shape index (κ1) is 20.9. The number of phenolic OH excluding ortho intramolecular Hbond substituents is 1. The van der Waals surface area contributed by atoms with Crippen LogP contribution < -0.4 is 14.9 Å². The van der Waals surface area contributed by atoms with Crippen molar-refractivity contribution in [3.05, 3.63) is 72.3 Å². The number of fused-ring (bicyclic) bond motifs is 1. The Kier molecular flexibility index (Phi) is 6.70. The van der Waals surface area contributed by atoms with E-state index in [0.717, 1.165) is 10.8 Å². The van der Waals surface area contributed by atoms with Gasteiger partial charge < -0.3 is 14.6 Å². The van der Waals surface area contributed by atoms with E-state index in [1.54, 1.807) is 51.3 Å². The van der Waals surface area contributed by atoms with Gasteiger partial charge in [0.2, 0.25) is 0 Å². The van der Waals surface area contributed by atoms with E-state index in [1.807, 2.05) is 42.5 Å². The number of aromatic hydroxyl groups is 1. The van der Waals surface area contributed by atoms with Crippen molar-refractivity contribution in [2.75, 3.05) is 7.11 Å². The van der Waals surface area contributed by atoms with Crippen molar-refractivity contribution < 1.29 is 19.4 Å². The van der Waals surface area contributed by atoms with Crippen LogP contribution in [0.2, 0.25) is 0 Å². The van der Waals surface area contributed by atoms with Crippen LogP contribution >= 0.6 is 0 Å². The second kappa shape index (κ2) is 9.60. The molecule has 0 unspecified atom stereocenters. The van der Waals surface area contributed by atoms with Crippen molar-refractivity contribution in [1.82, 2.24) is 5.43 Å². The number of nitrogens with one attached hydrogen (secondary N) is 1. The van der Waals surface area contributed by atoms with Crippen LogP contribution in [0.15, 0.2) is 71.8 Å². The molecule has 30 heavy (non-hydrogen) atoms. The summed E-state index contributed by atoms with van der Waals surface area (Å²) < 4.78 is 11.0. The smallest absolute Gasteiger partial charge is 0.280 e. The van der Waals surface area contributed by atoms with Gasteiger partial charge in [-0.25, -0.2) is 5.43 Å². The monoisotopic (exact) mass is 404 g/mol. The molecule has 3 rings (SSSR count). The molecule has 6 heteroatoms. The van der Waals surface area contributed by atoms with Crippen LogP contribution in [0.3, 0.4) is 0 Å². The van der Waals surface area contributed by atoms with Gasteiger partial charge in [0, 0.05) is 10.9 Å². The van der Waals surface area contributed by atoms with Gasteiger partial charge >= 0.3 is 0 Å². The lowest BCUT2D eigenvalue weighted by Gasteiger charge is -2.15. The SMILES string of the molecule is COc1ccc(O)c(/C=C/C(C)=N\NC(=O)[C@H](C)Oc2cccc3ccccc23)c1. The summed E-state index contributed by atoms with van der Waals surface area (Å²) in [6.45, 7) is 3.41. The van der Waals surface area contributed by atoms with Crippen LogP contribution in [0.4, 0.5) is 0 Å². The average Bonchev–Trinajstić information content (AvgIpc) is 2.77. The number of carbonyl (C=O) groups excluding carboxylic acids is 1. The number of amides is 1. The minimum atomic E-state index is -0.723. The van der Waals surface area contributed by atoms with Gasteiger partial charge in [-0.05, 0) is 55.7 Å². The molecule has 1 atom stereocenters. The third-order valence-electron chi connectivity index (χ3n) is 4.50. The van der Waals surface area contributed by atoms with E-state index < -0.39 is 6.10 Å². The molecule has 0 heterocycles. The van der Waals surface area contributed by atoms with Crippen molar-refractivity contribution in [2.45, 2.75) is 20.0 Å². The molecule has 0 aliphatic carbocycles. The summed E-state index contributed by atoms with van der Waals surface area (Å²) in [6.07, 6.45) is 2.66. The number of rotatable bonds is 7. The van der Waals surface area contributed by atoms with E-state index >= 15 is 0 Å². The van der Waals surface area contributed by atoms with Crippen molar-refractivity contribution in [2.24, 2.45) is 5.10 Å². The van der Waals surface area contributed by atoms with E-state index in [9.17, 15) is 9.90 Å². The topological polar surface area (TPSA) is 80.2 Å². The summed E-state index contributed by atoms with van der Waals surface area (Å²) in [6, 6.07) is 18.5. The van der Waals surface area contributed by atoms with Gasteiger partial charge in [-0.2, -0.15) is 5.10 Å². The third kappa shape index (κ3) is 5.17. The summed E-state index contributed by atoms with van der Waals surface area (Å²) in [5.41, 5.74) is 3.65. The number of hydrazone groups is 1. The summed E-state index contributed by atoms with van der Waals surface area (Å²) in [4.78, 5) is 12.4. The molecule has 0 aromatic heterocycles. The van der Waals surface area contributed by atoms with Crippen LogP contribution in [-0.2, 0) is 4.79 Å². The van der Waals surface area contributed by atoms with E-state index in [2.05, 4.69) is 10.5 Å². The van der Waals surface area contributed by atoms with Crippen LogP contribution in [0.25, 0.3) is 16.8 Å². The number of carbonyl (C=O) groups is 1. The molecule has 0 spiro atoms. The molecule has 2 N–H and O–H groups in total. The van der Waals surface area contributed by atoms with Crippen molar-refractivity contribution in [3.63, 3.8) is 0 Å². The highest BCUT2D eigenvalue weighted by Gasteiger charge is 2.15.